The lowest BCUT2D eigenvalue weighted by Crippen LogP contribution is -2.55. The van der Waals surface area contributed by atoms with Gasteiger partial charge in [0.1, 0.15) is 24.4 Å². The highest BCUT2D eigenvalue weighted by molar-refractivity contribution is 5.93. The topological polar surface area (TPSA) is 261 Å². The molecular weight excluding hydrogens is 580 g/mol. The number of aromatic hydroxyl groups is 1. The van der Waals surface area contributed by atoms with Crippen LogP contribution in [0.1, 0.15) is 48.4 Å². The van der Waals surface area contributed by atoms with Crippen molar-refractivity contribution < 1.29 is 29.4 Å². The van der Waals surface area contributed by atoms with Crippen LogP contribution in [-0.2, 0) is 25.6 Å². The molecule has 0 fully saturated rings. The summed E-state index contributed by atoms with van der Waals surface area (Å²) in [5.74, 6) is -2.79. The fourth-order valence-electron chi connectivity index (χ4n) is 3.88. The van der Waals surface area contributed by atoms with Crippen molar-refractivity contribution in [3.63, 3.8) is 0 Å². The van der Waals surface area contributed by atoms with Crippen molar-refractivity contribution in [3.8, 4) is 5.75 Å². The van der Waals surface area contributed by atoms with Gasteiger partial charge in [-0.2, -0.15) is 0 Å². The monoisotopic (exact) mass is 630 g/mol. The average molecular weight is 631 g/mol. The van der Waals surface area contributed by atoms with Crippen LogP contribution in [-0.4, -0.2) is 78.1 Å². The number of amides is 3. The van der Waals surface area contributed by atoms with E-state index in [1.807, 2.05) is 25.1 Å². The van der Waals surface area contributed by atoms with Gasteiger partial charge >= 0.3 is 5.97 Å². The molecule has 0 aromatic heterocycles. The summed E-state index contributed by atoms with van der Waals surface area (Å²) >= 11 is 0. The van der Waals surface area contributed by atoms with Crippen LogP contribution in [0.15, 0.2) is 47.5 Å². The molecule has 0 aliphatic rings. The Morgan fingerprint density at radius 3 is 1.93 bits per heavy atom. The molecule has 45 heavy (non-hydrogen) atoms. The van der Waals surface area contributed by atoms with Crippen LogP contribution in [0.2, 0.25) is 0 Å². The van der Waals surface area contributed by atoms with E-state index in [9.17, 15) is 24.3 Å². The van der Waals surface area contributed by atoms with Gasteiger partial charge in [0, 0.05) is 13.0 Å². The Balaban J connectivity index is 0.00000112. The maximum absolute atomic E-state index is 13.0. The van der Waals surface area contributed by atoms with Crippen molar-refractivity contribution in [1.82, 2.24) is 16.0 Å². The van der Waals surface area contributed by atoms with Crippen LogP contribution in [0.25, 0.3) is 0 Å². The predicted molar refractivity (Wildman–Crippen MR) is 175 cm³/mol. The van der Waals surface area contributed by atoms with Gasteiger partial charge in [-0.05, 0) is 75.4 Å². The molecule has 2 atom stereocenters. The number of aliphatic carboxylic acids is 1. The molecule has 0 aliphatic heterocycles. The van der Waals surface area contributed by atoms with Crippen LogP contribution in [0.4, 0.5) is 0 Å². The third-order valence-electron chi connectivity index (χ3n) is 6.13. The second-order valence-corrected chi connectivity index (χ2v) is 10.2. The van der Waals surface area contributed by atoms with Gasteiger partial charge in [-0.15, -0.1) is 0 Å². The van der Waals surface area contributed by atoms with E-state index in [4.69, 9.17) is 28.0 Å². The number of phenols is 1. The highest BCUT2D eigenvalue weighted by atomic mass is 16.4. The zero-order valence-electron chi connectivity index (χ0n) is 26.6. The molecule has 0 bridgehead atoms. The first-order chi connectivity index (χ1) is 21.2. The Hall–Kier alpha value is -4.69. The minimum absolute atomic E-state index is 0.0858. The van der Waals surface area contributed by atoms with Crippen LogP contribution in [0.5, 0.6) is 5.75 Å². The van der Waals surface area contributed by atoms with Crippen molar-refractivity contribution in [2.45, 2.75) is 65.5 Å². The summed E-state index contributed by atoms with van der Waals surface area (Å²) in [6.07, 6.45) is 1.72. The number of carboxylic acid groups (broad SMARTS) is 1. The largest absolute Gasteiger partial charge is 0.508 e. The zero-order chi connectivity index (χ0) is 34.4. The number of hydrogen-bond acceptors (Lipinski definition) is 8. The molecule has 3 amide bonds. The standard InChI is InChI=1S/C20H31N5O6.C7H8.C4H11N3/c1-11-6-13(26)7-12(2)14(11)8-16(24-17(27)9-22)20(31)25-15(4-3-5-21)19(30)23-10-18(28)29;1-7-5-3-2-4-6-7;1-2-3-7-4(5)6/h6-7,15-16,26H,3-5,8-10,21-22H2,1-2H3,(H,23,30)(H,24,27)(H,25,31)(H,28,29);2-6H,1H3;2-3H2,1H3,(H4,5,6,7)/t15?,16-;;/m0../s1. The molecule has 0 aliphatic carbocycles. The molecule has 14 heteroatoms. The van der Waals surface area contributed by atoms with E-state index in [1.165, 1.54) is 5.56 Å². The minimum Gasteiger partial charge on any atom is -0.508 e. The number of guanidine groups is 1. The molecule has 2 aromatic carbocycles. The van der Waals surface area contributed by atoms with Gasteiger partial charge in [0.15, 0.2) is 5.96 Å². The van der Waals surface area contributed by atoms with Gasteiger partial charge in [-0.3, -0.25) is 24.2 Å². The smallest absolute Gasteiger partial charge is 0.322 e. The number of phenolic OH excluding ortho intramolecular Hbond substituents is 1. The molecule has 0 saturated heterocycles. The molecule has 2 aromatic rings. The number of carbonyl (C=O) groups excluding carboxylic acids is 3. The molecule has 0 spiro atoms. The number of carboxylic acids is 1. The summed E-state index contributed by atoms with van der Waals surface area (Å²) in [5, 5.41) is 25.8. The number of nitrogens with one attached hydrogen (secondary N) is 3. The molecule has 0 radical (unpaired) electrons. The van der Waals surface area contributed by atoms with Gasteiger partial charge in [-0.25, -0.2) is 0 Å². The highest BCUT2D eigenvalue weighted by Crippen LogP contribution is 2.22. The summed E-state index contributed by atoms with van der Waals surface area (Å²) in [5.41, 5.74) is 24.4. The number of nitrogens with two attached hydrogens (primary N) is 4. The predicted octanol–water partition coefficient (Wildman–Crippen LogP) is 0.0844. The van der Waals surface area contributed by atoms with E-state index in [-0.39, 0.29) is 37.6 Å². The third kappa shape index (κ3) is 18.6. The molecule has 0 saturated carbocycles. The maximum atomic E-state index is 13.0. The number of nitrogens with zero attached hydrogens (tertiary/aromatic N) is 1. The van der Waals surface area contributed by atoms with E-state index in [1.54, 1.807) is 26.0 Å². The molecule has 0 heterocycles. The summed E-state index contributed by atoms with van der Waals surface area (Å²) < 4.78 is 0. The minimum atomic E-state index is -1.22. The normalized spacial score (nSPS) is 11.2. The van der Waals surface area contributed by atoms with Crippen molar-refractivity contribution >= 4 is 29.7 Å². The van der Waals surface area contributed by atoms with Gasteiger partial charge in [0.2, 0.25) is 17.7 Å². The fourth-order valence-corrected chi connectivity index (χ4v) is 3.88. The quantitative estimate of drug-likeness (QED) is 0.100. The summed E-state index contributed by atoms with van der Waals surface area (Å²) in [6.45, 7) is 7.74. The summed E-state index contributed by atoms with van der Waals surface area (Å²) in [6, 6.07) is 11.3. The number of hydrogen-bond donors (Lipinski definition) is 9. The Bertz CT molecular complexity index is 1210. The van der Waals surface area contributed by atoms with Crippen molar-refractivity contribution in [3.05, 3.63) is 64.7 Å². The molecule has 13 N–H and O–H groups in total. The second-order valence-electron chi connectivity index (χ2n) is 10.2. The Morgan fingerprint density at radius 1 is 0.911 bits per heavy atom. The lowest BCUT2D eigenvalue weighted by molar-refractivity contribution is -0.138. The van der Waals surface area contributed by atoms with Gasteiger partial charge in [0.05, 0.1) is 6.54 Å². The van der Waals surface area contributed by atoms with Crippen molar-refractivity contribution in [2.24, 2.45) is 27.9 Å². The summed E-state index contributed by atoms with van der Waals surface area (Å²) in [4.78, 5) is 51.6. The Kier molecular flexibility index (Phi) is 20.4. The molecule has 1 unspecified atom stereocenters. The fraction of sp³-hybridized carbons (Fsp3) is 0.452. The third-order valence-corrected chi connectivity index (χ3v) is 6.13. The van der Waals surface area contributed by atoms with Gasteiger partial charge in [-0.1, -0.05) is 42.8 Å². The number of aryl methyl sites for hydroxylation is 3. The maximum Gasteiger partial charge on any atom is 0.322 e. The molecular formula is C31H50N8O6. The Labute approximate surface area is 265 Å². The van der Waals surface area contributed by atoms with E-state index < -0.39 is 42.3 Å². The van der Waals surface area contributed by atoms with Crippen LogP contribution >= 0.6 is 0 Å². The number of carbonyl (C=O) groups is 4. The van der Waals surface area contributed by atoms with Gasteiger partial charge < -0.3 is 49.1 Å². The lowest BCUT2D eigenvalue weighted by Gasteiger charge is -2.24. The lowest BCUT2D eigenvalue weighted by atomic mass is 9.95. The Morgan fingerprint density at radius 2 is 1.51 bits per heavy atom. The highest BCUT2D eigenvalue weighted by Gasteiger charge is 2.27. The average Bonchev–Trinajstić information content (AvgIpc) is 2.98. The second kappa shape index (κ2) is 22.8. The van der Waals surface area contributed by atoms with E-state index >= 15 is 0 Å². The molecule has 250 valence electrons. The first kappa shape index (κ1) is 40.3. The molecule has 14 nitrogen and oxygen atoms in total. The van der Waals surface area contributed by atoms with Crippen molar-refractivity contribution in [2.75, 3.05) is 26.2 Å². The first-order valence-electron chi connectivity index (χ1n) is 14.6. The van der Waals surface area contributed by atoms with Crippen LogP contribution in [0, 0.1) is 20.8 Å². The van der Waals surface area contributed by atoms with Gasteiger partial charge in [0.25, 0.3) is 0 Å². The number of aliphatic imine (C=N–C) groups is 1. The molecule has 2 rings (SSSR count). The van der Waals surface area contributed by atoms with E-state index in [2.05, 4.69) is 40.0 Å². The van der Waals surface area contributed by atoms with E-state index in [0.29, 0.717) is 6.42 Å². The van der Waals surface area contributed by atoms with Crippen LogP contribution < -0.4 is 38.9 Å². The summed E-state index contributed by atoms with van der Waals surface area (Å²) in [7, 11) is 0. The van der Waals surface area contributed by atoms with E-state index in [0.717, 1.165) is 29.7 Å². The zero-order valence-corrected chi connectivity index (χ0v) is 26.6. The first-order valence-corrected chi connectivity index (χ1v) is 14.6. The van der Waals surface area contributed by atoms with Crippen molar-refractivity contribution in [1.29, 1.82) is 0 Å². The number of rotatable bonds is 14. The van der Waals surface area contributed by atoms with Crippen LogP contribution in [0.3, 0.4) is 0 Å². The number of benzene rings is 2. The SMILES string of the molecule is CCCN=C(N)N.Cc1cc(O)cc(C)c1C[C@H](NC(=O)CN)C(=O)NC(CCCN)C(=O)NCC(=O)O.Cc1ccccc1.